The van der Waals surface area contributed by atoms with Crippen molar-refractivity contribution in [2.24, 2.45) is 0 Å². The molecule has 1 aromatic heterocycles. The fourth-order valence-corrected chi connectivity index (χ4v) is 4.08. The molecule has 1 fully saturated rings. The van der Waals surface area contributed by atoms with E-state index in [0.29, 0.717) is 31.9 Å². The summed E-state index contributed by atoms with van der Waals surface area (Å²) in [5, 5.41) is 2.95. The van der Waals surface area contributed by atoms with E-state index in [2.05, 4.69) is 27.2 Å². The molecule has 3 aromatic rings. The molecule has 0 atom stereocenters. The zero-order valence-electron chi connectivity index (χ0n) is 19.4. The Balaban J connectivity index is 1.31. The average molecular weight is 466 g/mol. The number of nitrogens with one attached hydrogen (secondary N) is 1. The van der Waals surface area contributed by atoms with Gasteiger partial charge in [0.25, 0.3) is 5.91 Å². The molecule has 1 N–H and O–H groups in total. The van der Waals surface area contributed by atoms with Gasteiger partial charge in [-0.05, 0) is 48.4 Å². The minimum atomic E-state index is -0.245. The molecule has 0 radical (unpaired) electrons. The van der Waals surface area contributed by atoms with Crippen LogP contribution in [-0.2, 0) is 24.4 Å². The maximum absolute atomic E-state index is 13.3. The number of hydrogen-bond donors (Lipinski definition) is 1. The molecule has 1 aliphatic rings. The van der Waals surface area contributed by atoms with E-state index >= 15 is 0 Å². The van der Waals surface area contributed by atoms with Crippen LogP contribution in [0.15, 0.2) is 71.1 Å². The van der Waals surface area contributed by atoms with Gasteiger partial charge in [0.2, 0.25) is 0 Å². The van der Waals surface area contributed by atoms with Gasteiger partial charge in [-0.1, -0.05) is 42.5 Å². The number of hydrogen-bond acceptors (Lipinski definition) is 5. The first-order valence-corrected chi connectivity index (χ1v) is 11.8. The molecule has 4 rings (SSSR count). The number of benzene rings is 2. The molecule has 0 spiro atoms. The first-order valence-electron chi connectivity index (χ1n) is 11.8. The topological polar surface area (TPSA) is 58.0 Å². The maximum atomic E-state index is 13.3. The van der Waals surface area contributed by atoms with Gasteiger partial charge in [0, 0.05) is 32.7 Å². The van der Waals surface area contributed by atoms with Gasteiger partial charge in [-0.15, -0.1) is 0 Å². The van der Waals surface area contributed by atoms with E-state index in [1.807, 2.05) is 24.3 Å². The van der Waals surface area contributed by atoms with Crippen LogP contribution in [0.3, 0.4) is 0 Å². The van der Waals surface area contributed by atoms with Crippen molar-refractivity contribution in [2.75, 3.05) is 39.4 Å². The zero-order chi connectivity index (χ0) is 23.6. The summed E-state index contributed by atoms with van der Waals surface area (Å²) in [5.41, 5.74) is 2.19. The van der Waals surface area contributed by atoms with E-state index in [4.69, 9.17) is 9.15 Å². The summed E-state index contributed by atoms with van der Waals surface area (Å²) in [4.78, 5) is 17.1. The number of nitrogens with zero attached hydrogens (tertiary/aromatic N) is 2. The van der Waals surface area contributed by atoms with Crippen LogP contribution < -0.4 is 5.32 Å². The molecule has 1 amide bonds. The monoisotopic (exact) mass is 465 g/mol. The van der Waals surface area contributed by atoms with E-state index in [1.165, 1.54) is 17.7 Å². The van der Waals surface area contributed by atoms with E-state index in [0.717, 1.165) is 50.6 Å². The Hall–Kier alpha value is -3.00. The third-order valence-corrected chi connectivity index (χ3v) is 5.87. The summed E-state index contributed by atoms with van der Waals surface area (Å²) >= 11 is 0. The molecule has 0 unspecified atom stereocenters. The minimum absolute atomic E-state index is 0.193. The number of carbonyl (C=O) groups is 1. The molecule has 1 saturated heterocycles. The summed E-state index contributed by atoms with van der Waals surface area (Å²) < 4.78 is 24.6. The quantitative estimate of drug-likeness (QED) is 0.433. The van der Waals surface area contributed by atoms with Gasteiger partial charge in [0.05, 0.1) is 19.8 Å². The number of halogens is 1. The van der Waals surface area contributed by atoms with Gasteiger partial charge in [0.1, 0.15) is 11.6 Å². The molecule has 2 heterocycles. The number of carbonyl (C=O) groups excluding carboxylic acids is 1. The predicted molar refractivity (Wildman–Crippen MR) is 129 cm³/mol. The van der Waals surface area contributed by atoms with Gasteiger partial charge in [0.15, 0.2) is 5.76 Å². The normalized spacial score (nSPS) is 14.4. The lowest BCUT2D eigenvalue weighted by atomic mass is 10.1. The van der Waals surface area contributed by atoms with Crippen molar-refractivity contribution in [3.8, 4) is 0 Å². The fourth-order valence-electron chi connectivity index (χ4n) is 4.08. The molecule has 0 bridgehead atoms. The molecular weight excluding hydrogens is 433 g/mol. The molecule has 7 heteroatoms. The van der Waals surface area contributed by atoms with Crippen molar-refractivity contribution >= 4 is 5.91 Å². The lowest BCUT2D eigenvalue weighted by molar-refractivity contribution is 0.0374. The van der Waals surface area contributed by atoms with E-state index in [1.54, 1.807) is 18.2 Å². The Morgan fingerprint density at radius 2 is 1.62 bits per heavy atom. The molecule has 1 aliphatic heterocycles. The molecule has 2 aromatic carbocycles. The second-order valence-corrected chi connectivity index (χ2v) is 8.59. The van der Waals surface area contributed by atoms with Crippen molar-refractivity contribution in [3.05, 3.63) is 95.2 Å². The van der Waals surface area contributed by atoms with Crippen LogP contribution in [0.4, 0.5) is 4.39 Å². The number of morpholine rings is 1. The van der Waals surface area contributed by atoms with Crippen LogP contribution in [0.1, 0.15) is 33.9 Å². The van der Waals surface area contributed by atoms with Crippen LogP contribution in [0, 0.1) is 5.82 Å². The van der Waals surface area contributed by atoms with Crippen LogP contribution >= 0.6 is 0 Å². The second-order valence-electron chi connectivity index (χ2n) is 8.59. The smallest absolute Gasteiger partial charge is 0.286 e. The number of ether oxygens (including phenoxy) is 1. The molecule has 0 saturated carbocycles. The maximum Gasteiger partial charge on any atom is 0.286 e. The van der Waals surface area contributed by atoms with Crippen molar-refractivity contribution in [1.82, 2.24) is 15.1 Å². The first kappa shape index (κ1) is 24.1. The highest BCUT2D eigenvalue weighted by atomic mass is 19.1. The lowest BCUT2D eigenvalue weighted by Gasteiger charge is -2.26. The van der Waals surface area contributed by atoms with E-state index in [-0.39, 0.29) is 11.7 Å². The molecule has 0 aliphatic carbocycles. The number of furan rings is 1. The summed E-state index contributed by atoms with van der Waals surface area (Å²) in [5.74, 6) is 0.602. The first-order chi connectivity index (χ1) is 16.7. The molecule has 6 nitrogen and oxygen atoms in total. The standard InChI is InChI=1S/C27H32FN3O3/c28-24-9-7-23(8-10-24)20-31(19-22-5-2-1-3-6-22)21-25-11-12-26(34-25)27(32)29-13-4-14-30-15-17-33-18-16-30/h1-3,5-12H,4,13-21H2,(H,29,32). The molecule has 34 heavy (non-hydrogen) atoms. The number of rotatable bonds is 11. The largest absolute Gasteiger partial charge is 0.455 e. The summed E-state index contributed by atoms with van der Waals surface area (Å²) in [7, 11) is 0. The summed E-state index contributed by atoms with van der Waals surface area (Å²) in [6, 6.07) is 20.3. The van der Waals surface area contributed by atoms with Gasteiger partial charge >= 0.3 is 0 Å². The Kier molecular flexibility index (Phi) is 8.84. The average Bonchev–Trinajstić information content (AvgIpc) is 3.33. The van der Waals surface area contributed by atoms with Gasteiger partial charge < -0.3 is 14.5 Å². The molecular formula is C27H32FN3O3. The zero-order valence-corrected chi connectivity index (χ0v) is 19.4. The van der Waals surface area contributed by atoms with Gasteiger partial charge in [-0.25, -0.2) is 4.39 Å². The van der Waals surface area contributed by atoms with Crippen molar-refractivity contribution in [3.63, 3.8) is 0 Å². The third-order valence-electron chi connectivity index (χ3n) is 5.87. The minimum Gasteiger partial charge on any atom is -0.455 e. The Bertz CT molecular complexity index is 1020. The second kappa shape index (κ2) is 12.5. The third kappa shape index (κ3) is 7.52. The summed E-state index contributed by atoms with van der Waals surface area (Å²) in [6.45, 7) is 6.91. The Morgan fingerprint density at radius 1 is 0.912 bits per heavy atom. The number of amides is 1. The van der Waals surface area contributed by atoms with Crippen LogP contribution in [-0.4, -0.2) is 55.1 Å². The highest BCUT2D eigenvalue weighted by Crippen LogP contribution is 2.17. The highest BCUT2D eigenvalue weighted by molar-refractivity contribution is 5.91. The van der Waals surface area contributed by atoms with Gasteiger partial charge in [-0.2, -0.15) is 0 Å². The Labute approximate surface area is 200 Å². The van der Waals surface area contributed by atoms with Gasteiger partial charge in [-0.3, -0.25) is 14.6 Å². The molecule has 180 valence electrons. The lowest BCUT2D eigenvalue weighted by Crippen LogP contribution is -2.38. The van der Waals surface area contributed by atoms with Crippen LogP contribution in [0.2, 0.25) is 0 Å². The summed E-state index contributed by atoms with van der Waals surface area (Å²) in [6.07, 6.45) is 0.891. The van der Waals surface area contributed by atoms with Crippen LogP contribution in [0.5, 0.6) is 0 Å². The van der Waals surface area contributed by atoms with E-state index in [9.17, 15) is 9.18 Å². The predicted octanol–water partition coefficient (Wildman–Crippen LogP) is 4.07. The van der Waals surface area contributed by atoms with Crippen molar-refractivity contribution in [2.45, 2.75) is 26.1 Å². The SMILES string of the molecule is O=C(NCCCN1CCOCC1)c1ccc(CN(Cc2ccccc2)Cc2ccc(F)cc2)o1. The van der Waals surface area contributed by atoms with Crippen LogP contribution in [0.25, 0.3) is 0 Å². The van der Waals surface area contributed by atoms with Crippen molar-refractivity contribution < 1.29 is 18.3 Å². The Morgan fingerprint density at radius 3 is 2.35 bits per heavy atom. The van der Waals surface area contributed by atoms with Crippen molar-refractivity contribution in [1.29, 1.82) is 0 Å². The highest BCUT2D eigenvalue weighted by Gasteiger charge is 2.15. The van der Waals surface area contributed by atoms with E-state index < -0.39 is 0 Å². The fraction of sp³-hybridized carbons (Fsp3) is 0.370.